The Hall–Kier alpha value is -0.660. The van der Waals surface area contributed by atoms with Crippen LogP contribution in [0.15, 0.2) is 11.3 Å². The maximum Gasteiger partial charge on any atom is 0.165 e. The second kappa shape index (κ2) is 9.31. The fraction of sp³-hybridized carbons (Fsp3) is 0.857. The van der Waals surface area contributed by atoms with Crippen LogP contribution in [0, 0.1) is 0 Å². The van der Waals surface area contributed by atoms with Gasteiger partial charge in [-0.05, 0) is 32.3 Å². The van der Waals surface area contributed by atoms with Gasteiger partial charge in [0.2, 0.25) is 0 Å². The average Bonchev–Trinajstić information content (AvgIpc) is 2.87. The van der Waals surface area contributed by atoms with Crippen molar-refractivity contribution in [2.24, 2.45) is 0 Å². The third-order valence-corrected chi connectivity index (χ3v) is 3.29. The molecule has 0 aromatic carbocycles. The first-order valence-electron chi connectivity index (χ1n) is 6.93. The highest BCUT2D eigenvalue weighted by atomic mass is 16.7. The van der Waals surface area contributed by atoms with E-state index in [9.17, 15) is 0 Å². The van der Waals surface area contributed by atoms with Crippen molar-refractivity contribution in [1.82, 2.24) is 0 Å². The van der Waals surface area contributed by atoms with Crippen LogP contribution in [0.3, 0.4) is 0 Å². The molecule has 0 aromatic rings. The molecule has 1 aliphatic heterocycles. The lowest BCUT2D eigenvalue weighted by Gasteiger charge is -2.20. The van der Waals surface area contributed by atoms with E-state index in [2.05, 4.69) is 0 Å². The molecule has 0 spiro atoms. The van der Waals surface area contributed by atoms with Crippen LogP contribution in [0.5, 0.6) is 0 Å². The van der Waals surface area contributed by atoms with Crippen LogP contribution in [-0.2, 0) is 9.47 Å². The Bertz CT molecular complexity index is 304. The molecular formula is C14H28O6. The van der Waals surface area contributed by atoms with Crippen molar-refractivity contribution in [3.05, 3.63) is 11.3 Å². The van der Waals surface area contributed by atoms with Crippen molar-refractivity contribution < 1.29 is 29.9 Å². The Labute approximate surface area is 120 Å². The van der Waals surface area contributed by atoms with Gasteiger partial charge in [-0.3, -0.25) is 0 Å². The smallest absolute Gasteiger partial charge is 0.165 e. The van der Waals surface area contributed by atoms with E-state index in [0.717, 1.165) is 6.42 Å². The Kier molecular flexibility index (Phi) is 9.00. The predicted octanol–water partition coefficient (Wildman–Crippen LogP) is 1.10. The molecule has 4 N–H and O–H groups in total. The number of ether oxygens (including phenoxy) is 2. The Morgan fingerprint density at radius 2 is 1.95 bits per heavy atom. The molecule has 6 nitrogen and oxygen atoms in total. The molecule has 0 aromatic heterocycles. The summed E-state index contributed by atoms with van der Waals surface area (Å²) in [5, 5.41) is 35.0. The third-order valence-electron chi connectivity index (χ3n) is 3.29. The summed E-state index contributed by atoms with van der Waals surface area (Å²) in [5.74, 6) is -0.557. The number of hydrogen-bond donors (Lipinski definition) is 4. The molecule has 120 valence electrons. The van der Waals surface area contributed by atoms with Crippen LogP contribution in [0.1, 0.15) is 40.5 Å². The van der Waals surface area contributed by atoms with Crippen LogP contribution in [-0.4, -0.2) is 58.2 Å². The van der Waals surface area contributed by atoms with Crippen LogP contribution >= 0.6 is 0 Å². The van der Waals surface area contributed by atoms with Crippen molar-refractivity contribution in [3.8, 4) is 0 Å². The maximum atomic E-state index is 9.06. The van der Waals surface area contributed by atoms with E-state index >= 15 is 0 Å². The molecule has 20 heavy (non-hydrogen) atoms. The van der Waals surface area contributed by atoms with Crippen LogP contribution in [0.4, 0.5) is 0 Å². The monoisotopic (exact) mass is 292 g/mol. The minimum Gasteiger partial charge on any atom is -0.510 e. The minimum atomic E-state index is -1.11. The minimum absolute atomic E-state index is 0.0512. The molecule has 3 unspecified atom stereocenters. The van der Waals surface area contributed by atoms with Crippen LogP contribution in [0.2, 0.25) is 0 Å². The molecule has 0 aliphatic carbocycles. The van der Waals surface area contributed by atoms with Gasteiger partial charge in [0.15, 0.2) is 5.79 Å². The fourth-order valence-corrected chi connectivity index (χ4v) is 1.52. The summed E-state index contributed by atoms with van der Waals surface area (Å²) in [6.45, 7) is 7.62. The van der Waals surface area contributed by atoms with Gasteiger partial charge in [-0.25, -0.2) is 0 Å². The Balaban J connectivity index is 0.000000361. The van der Waals surface area contributed by atoms with Crippen molar-refractivity contribution in [3.63, 3.8) is 0 Å². The number of aliphatic hydroxyl groups excluding tert-OH is 4. The van der Waals surface area contributed by atoms with Gasteiger partial charge in [-0.2, -0.15) is 0 Å². The summed E-state index contributed by atoms with van der Waals surface area (Å²) < 4.78 is 10.7. The quantitative estimate of drug-likeness (QED) is 0.566. The average molecular weight is 292 g/mol. The molecule has 6 heteroatoms. The first kappa shape index (κ1) is 19.3. The summed E-state index contributed by atoms with van der Waals surface area (Å²) in [6.07, 6.45) is 0.275. The molecule has 1 rings (SSSR count). The summed E-state index contributed by atoms with van der Waals surface area (Å²) in [5.41, 5.74) is 0.710. The molecule has 1 fully saturated rings. The van der Waals surface area contributed by atoms with Gasteiger partial charge in [0.05, 0.1) is 19.8 Å². The lowest BCUT2D eigenvalue weighted by Crippen LogP contribution is -2.26. The van der Waals surface area contributed by atoms with Gasteiger partial charge in [-0.1, -0.05) is 13.8 Å². The zero-order valence-electron chi connectivity index (χ0n) is 12.8. The standard InChI is InChI=1S/2C7H14O3/c1-3-7(2)9-5-6(4-8)10-7;1-3-5(2)7(10)6(9)4-8/h6,8H,3-5H2,1-2H3;6,8-10H,3-4H2,1-2H3. The fourth-order valence-electron chi connectivity index (χ4n) is 1.52. The lowest BCUT2D eigenvalue weighted by molar-refractivity contribution is -0.158. The highest BCUT2D eigenvalue weighted by molar-refractivity contribution is 5.07. The van der Waals surface area contributed by atoms with E-state index in [1.165, 1.54) is 0 Å². The number of rotatable bonds is 5. The predicted molar refractivity (Wildman–Crippen MR) is 75.3 cm³/mol. The first-order chi connectivity index (χ1) is 9.33. The van der Waals surface area contributed by atoms with Crippen molar-refractivity contribution in [1.29, 1.82) is 0 Å². The van der Waals surface area contributed by atoms with Crippen molar-refractivity contribution in [2.75, 3.05) is 19.8 Å². The van der Waals surface area contributed by atoms with Gasteiger partial charge in [0.1, 0.15) is 18.0 Å². The molecule has 3 atom stereocenters. The molecular weight excluding hydrogens is 264 g/mol. The number of aliphatic hydroxyl groups is 4. The first-order valence-corrected chi connectivity index (χ1v) is 6.93. The van der Waals surface area contributed by atoms with E-state index in [0.29, 0.717) is 18.6 Å². The number of hydrogen-bond acceptors (Lipinski definition) is 6. The van der Waals surface area contributed by atoms with Crippen molar-refractivity contribution in [2.45, 2.75) is 58.5 Å². The SMILES string of the molecule is CCC(C)=C(O)C(O)CO.CCC1(C)OCC(CO)O1. The van der Waals surface area contributed by atoms with Gasteiger partial charge < -0.3 is 29.9 Å². The van der Waals surface area contributed by atoms with E-state index in [-0.39, 0.29) is 18.5 Å². The zero-order valence-corrected chi connectivity index (χ0v) is 12.8. The summed E-state index contributed by atoms with van der Waals surface area (Å²) >= 11 is 0. The van der Waals surface area contributed by atoms with Gasteiger partial charge in [0, 0.05) is 0 Å². The highest BCUT2D eigenvalue weighted by Crippen LogP contribution is 2.25. The largest absolute Gasteiger partial charge is 0.510 e. The number of allylic oxidation sites excluding steroid dienone is 1. The van der Waals surface area contributed by atoms with Gasteiger partial charge in [-0.15, -0.1) is 0 Å². The lowest BCUT2D eigenvalue weighted by atomic mass is 10.1. The molecule has 1 heterocycles. The topological polar surface area (TPSA) is 99.4 Å². The molecule has 1 aliphatic rings. The van der Waals surface area contributed by atoms with E-state index in [1.807, 2.05) is 20.8 Å². The van der Waals surface area contributed by atoms with E-state index in [1.54, 1.807) is 6.92 Å². The molecule has 0 radical (unpaired) electrons. The second-order valence-electron chi connectivity index (χ2n) is 4.94. The third kappa shape index (κ3) is 6.19. The summed E-state index contributed by atoms with van der Waals surface area (Å²) in [7, 11) is 0. The van der Waals surface area contributed by atoms with E-state index < -0.39 is 18.5 Å². The van der Waals surface area contributed by atoms with E-state index in [4.69, 9.17) is 29.9 Å². The van der Waals surface area contributed by atoms with Crippen LogP contribution < -0.4 is 0 Å². The summed E-state index contributed by atoms with van der Waals surface area (Å²) in [4.78, 5) is 0. The maximum absolute atomic E-state index is 9.06. The zero-order chi connectivity index (χ0) is 15.8. The Morgan fingerprint density at radius 3 is 2.25 bits per heavy atom. The van der Waals surface area contributed by atoms with Crippen LogP contribution in [0.25, 0.3) is 0 Å². The van der Waals surface area contributed by atoms with Gasteiger partial charge >= 0.3 is 0 Å². The van der Waals surface area contributed by atoms with Gasteiger partial charge in [0.25, 0.3) is 0 Å². The van der Waals surface area contributed by atoms with Crippen molar-refractivity contribution >= 4 is 0 Å². The Morgan fingerprint density at radius 1 is 1.35 bits per heavy atom. The highest BCUT2D eigenvalue weighted by Gasteiger charge is 2.34. The summed E-state index contributed by atoms with van der Waals surface area (Å²) in [6, 6.07) is 0. The second-order valence-corrected chi connectivity index (χ2v) is 4.94. The normalized spacial score (nSPS) is 28.4. The molecule has 0 bridgehead atoms. The molecule has 1 saturated heterocycles. The molecule has 0 saturated carbocycles. The molecule has 0 amide bonds.